The zero-order valence-corrected chi connectivity index (χ0v) is 20.9. The second-order valence-electron chi connectivity index (χ2n) is 9.45. The third kappa shape index (κ3) is 8.56. The van der Waals surface area contributed by atoms with Gasteiger partial charge in [0.1, 0.15) is 11.8 Å². The standard InChI is InChI=1S/C28H40N2O3/c1-6-8-19-29-27(32)25(7-2)30(20-18-22-12-10-9-11-13-22)26(31)21-33-24-16-14-23(15-17-24)28(3,4)5/h9-17,25H,6-8,18-21H2,1-5H3,(H,29,32)/t25-/m1/s1. The first-order valence-corrected chi connectivity index (χ1v) is 12.1. The Bertz CT molecular complexity index is 857. The van der Waals surface area contributed by atoms with Crippen LogP contribution in [0.1, 0.15) is 65.0 Å². The van der Waals surface area contributed by atoms with Gasteiger partial charge in [0, 0.05) is 13.1 Å². The number of hydrogen-bond donors (Lipinski definition) is 1. The lowest BCUT2D eigenvalue weighted by molar-refractivity contribution is -0.142. The van der Waals surface area contributed by atoms with Crippen molar-refractivity contribution in [3.05, 3.63) is 65.7 Å². The fraction of sp³-hybridized carbons (Fsp3) is 0.500. The lowest BCUT2D eigenvalue weighted by atomic mass is 9.87. The molecular weight excluding hydrogens is 412 g/mol. The number of carbonyl (C=O) groups excluding carboxylic acids is 2. The van der Waals surface area contributed by atoms with E-state index in [-0.39, 0.29) is 23.8 Å². The first-order valence-electron chi connectivity index (χ1n) is 12.1. The maximum atomic E-state index is 13.2. The fourth-order valence-corrected chi connectivity index (χ4v) is 3.68. The molecule has 2 amide bonds. The number of benzene rings is 2. The molecule has 0 saturated carbocycles. The van der Waals surface area contributed by atoms with Gasteiger partial charge in [0.2, 0.25) is 5.91 Å². The maximum Gasteiger partial charge on any atom is 0.261 e. The van der Waals surface area contributed by atoms with Crippen molar-refractivity contribution in [3.8, 4) is 5.75 Å². The molecule has 0 radical (unpaired) electrons. The molecule has 0 saturated heterocycles. The molecule has 0 aliphatic heterocycles. The topological polar surface area (TPSA) is 58.6 Å². The summed E-state index contributed by atoms with van der Waals surface area (Å²) in [5.74, 6) is 0.380. The largest absolute Gasteiger partial charge is 0.484 e. The molecular formula is C28H40N2O3. The smallest absolute Gasteiger partial charge is 0.261 e. The Kier molecular flexibility index (Phi) is 10.4. The lowest BCUT2D eigenvalue weighted by Gasteiger charge is -2.30. The SMILES string of the molecule is CCCCNC(=O)[C@@H](CC)N(CCc1ccccc1)C(=O)COc1ccc(C(C)(C)C)cc1. The lowest BCUT2D eigenvalue weighted by Crippen LogP contribution is -2.51. The van der Waals surface area contributed by atoms with E-state index in [1.807, 2.05) is 61.5 Å². The summed E-state index contributed by atoms with van der Waals surface area (Å²) in [5.41, 5.74) is 2.40. The minimum absolute atomic E-state index is 0.0576. The van der Waals surface area contributed by atoms with Crippen molar-refractivity contribution < 1.29 is 14.3 Å². The van der Waals surface area contributed by atoms with Gasteiger partial charge in [-0.3, -0.25) is 9.59 Å². The molecule has 0 fully saturated rings. The average molecular weight is 453 g/mol. The zero-order chi connectivity index (χ0) is 24.3. The molecule has 2 rings (SSSR count). The van der Waals surface area contributed by atoms with Crippen LogP contribution in [0.2, 0.25) is 0 Å². The van der Waals surface area contributed by atoms with Gasteiger partial charge in [-0.15, -0.1) is 0 Å². The van der Waals surface area contributed by atoms with E-state index in [4.69, 9.17) is 4.74 Å². The molecule has 0 heterocycles. The molecule has 1 atom stereocenters. The summed E-state index contributed by atoms with van der Waals surface area (Å²) in [7, 11) is 0. The summed E-state index contributed by atoms with van der Waals surface area (Å²) in [6.45, 7) is 11.5. The Morgan fingerprint density at radius 3 is 2.24 bits per heavy atom. The molecule has 0 aliphatic rings. The Balaban J connectivity index is 2.09. The third-order valence-electron chi connectivity index (χ3n) is 5.78. The summed E-state index contributed by atoms with van der Waals surface area (Å²) in [6.07, 6.45) is 3.17. The van der Waals surface area contributed by atoms with Gasteiger partial charge in [-0.2, -0.15) is 0 Å². The van der Waals surface area contributed by atoms with Crippen molar-refractivity contribution in [2.75, 3.05) is 19.7 Å². The number of unbranched alkanes of at least 4 members (excludes halogenated alkanes) is 1. The molecule has 5 heteroatoms. The summed E-state index contributed by atoms with van der Waals surface area (Å²) in [6, 6.07) is 17.4. The number of carbonyl (C=O) groups is 2. The van der Waals surface area contributed by atoms with E-state index in [9.17, 15) is 9.59 Å². The maximum absolute atomic E-state index is 13.2. The second kappa shape index (κ2) is 13.0. The number of nitrogens with one attached hydrogen (secondary N) is 1. The summed E-state index contributed by atoms with van der Waals surface area (Å²) < 4.78 is 5.82. The van der Waals surface area contributed by atoms with Gasteiger partial charge in [-0.05, 0) is 47.9 Å². The molecule has 33 heavy (non-hydrogen) atoms. The van der Waals surface area contributed by atoms with E-state index < -0.39 is 6.04 Å². The highest BCUT2D eigenvalue weighted by molar-refractivity contribution is 5.88. The predicted molar refractivity (Wildman–Crippen MR) is 134 cm³/mol. The average Bonchev–Trinajstić information content (AvgIpc) is 2.80. The van der Waals surface area contributed by atoms with E-state index in [2.05, 4.69) is 33.0 Å². The molecule has 0 aromatic heterocycles. The summed E-state index contributed by atoms with van der Waals surface area (Å²) >= 11 is 0. The van der Waals surface area contributed by atoms with Crippen molar-refractivity contribution in [1.29, 1.82) is 0 Å². The highest BCUT2D eigenvalue weighted by Gasteiger charge is 2.28. The molecule has 2 aromatic rings. The molecule has 5 nitrogen and oxygen atoms in total. The van der Waals surface area contributed by atoms with E-state index in [0.29, 0.717) is 31.7 Å². The van der Waals surface area contributed by atoms with Crippen LogP contribution in [0.25, 0.3) is 0 Å². The van der Waals surface area contributed by atoms with Gasteiger partial charge in [0.05, 0.1) is 0 Å². The van der Waals surface area contributed by atoms with Crippen LogP contribution in [-0.4, -0.2) is 42.5 Å². The van der Waals surface area contributed by atoms with Crippen LogP contribution >= 0.6 is 0 Å². The highest BCUT2D eigenvalue weighted by Crippen LogP contribution is 2.24. The number of rotatable bonds is 12. The second-order valence-corrected chi connectivity index (χ2v) is 9.45. The minimum atomic E-state index is -0.509. The van der Waals surface area contributed by atoms with Gasteiger partial charge >= 0.3 is 0 Å². The first kappa shape index (κ1) is 26.4. The fourth-order valence-electron chi connectivity index (χ4n) is 3.68. The Morgan fingerprint density at radius 2 is 1.67 bits per heavy atom. The summed E-state index contributed by atoms with van der Waals surface area (Å²) in [5, 5.41) is 2.99. The number of hydrogen-bond acceptors (Lipinski definition) is 3. The Morgan fingerprint density at radius 1 is 1.00 bits per heavy atom. The van der Waals surface area contributed by atoms with Crippen molar-refractivity contribution >= 4 is 11.8 Å². The zero-order valence-electron chi connectivity index (χ0n) is 20.9. The van der Waals surface area contributed by atoms with Crippen LogP contribution in [0.15, 0.2) is 54.6 Å². The van der Waals surface area contributed by atoms with Crippen LogP contribution < -0.4 is 10.1 Å². The number of amides is 2. The molecule has 0 bridgehead atoms. The molecule has 180 valence electrons. The normalized spacial score (nSPS) is 12.2. The van der Waals surface area contributed by atoms with E-state index in [1.54, 1.807) is 4.90 Å². The predicted octanol–water partition coefficient (Wildman–Crippen LogP) is 5.13. The van der Waals surface area contributed by atoms with E-state index in [1.165, 1.54) is 5.56 Å². The van der Waals surface area contributed by atoms with E-state index in [0.717, 1.165) is 18.4 Å². The molecule has 0 spiro atoms. The third-order valence-corrected chi connectivity index (χ3v) is 5.78. The Hall–Kier alpha value is -2.82. The van der Waals surface area contributed by atoms with Crippen molar-refractivity contribution in [3.63, 3.8) is 0 Å². The van der Waals surface area contributed by atoms with Crippen molar-refractivity contribution in [1.82, 2.24) is 10.2 Å². The highest BCUT2D eigenvalue weighted by atomic mass is 16.5. The van der Waals surface area contributed by atoms with Crippen LogP contribution in [0.5, 0.6) is 5.75 Å². The van der Waals surface area contributed by atoms with E-state index >= 15 is 0 Å². The first-order chi connectivity index (χ1) is 15.8. The van der Waals surface area contributed by atoms with Crippen molar-refractivity contribution in [2.45, 2.75) is 71.8 Å². The van der Waals surface area contributed by atoms with Crippen LogP contribution in [-0.2, 0) is 21.4 Å². The molecule has 1 N–H and O–H groups in total. The van der Waals surface area contributed by atoms with Gasteiger partial charge < -0.3 is 15.0 Å². The van der Waals surface area contributed by atoms with Gasteiger partial charge in [0.25, 0.3) is 5.91 Å². The van der Waals surface area contributed by atoms with Crippen LogP contribution in [0.4, 0.5) is 0 Å². The van der Waals surface area contributed by atoms with Crippen LogP contribution in [0.3, 0.4) is 0 Å². The minimum Gasteiger partial charge on any atom is -0.484 e. The van der Waals surface area contributed by atoms with Crippen LogP contribution in [0, 0.1) is 0 Å². The number of nitrogens with zero attached hydrogens (tertiary/aromatic N) is 1. The monoisotopic (exact) mass is 452 g/mol. The van der Waals surface area contributed by atoms with Gasteiger partial charge in [0.15, 0.2) is 6.61 Å². The Labute approximate surface area is 199 Å². The van der Waals surface area contributed by atoms with Crippen molar-refractivity contribution in [2.24, 2.45) is 0 Å². The van der Waals surface area contributed by atoms with Gasteiger partial charge in [-0.1, -0.05) is 83.5 Å². The molecule has 0 unspecified atom stereocenters. The summed E-state index contributed by atoms with van der Waals surface area (Å²) in [4.78, 5) is 27.8. The molecule has 0 aliphatic carbocycles. The number of ether oxygens (including phenoxy) is 1. The quantitative estimate of drug-likeness (QED) is 0.454. The van der Waals surface area contributed by atoms with Gasteiger partial charge in [-0.25, -0.2) is 0 Å². The molecule has 2 aromatic carbocycles.